The van der Waals surface area contributed by atoms with Gasteiger partial charge < -0.3 is 9.67 Å². The molecule has 0 saturated heterocycles. The Kier molecular flexibility index (Phi) is 2.03. The fourth-order valence-electron chi connectivity index (χ4n) is 2.06. The number of phenolic OH excluding ortho intramolecular Hbond substituents is 1. The first kappa shape index (κ1) is 10.1. The Hall–Kier alpha value is -1.44. The first-order valence-corrected chi connectivity index (χ1v) is 5.19. The number of nitrogens with zero attached hydrogens (tertiary/aromatic N) is 1. The van der Waals surface area contributed by atoms with Crippen LogP contribution in [-0.4, -0.2) is 9.67 Å². The predicted octanol–water partition coefficient (Wildman–Crippen LogP) is 3.18. The molecule has 1 heterocycles. The summed E-state index contributed by atoms with van der Waals surface area (Å²) >= 11 is 0. The molecule has 0 atom stereocenters. The van der Waals surface area contributed by atoms with Gasteiger partial charge in [0.15, 0.2) is 0 Å². The Morgan fingerprint density at radius 1 is 1.20 bits per heavy atom. The van der Waals surface area contributed by atoms with Crippen molar-refractivity contribution in [3.8, 4) is 5.75 Å². The van der Waals surface area contributed by atoms with Gasteiger partial charge >= 0.3 is 0 Å². The van der Waals surface area contributed by atoms with Gasteiger partial charge in [0.05, 0.1) is 5.52 Å². The molecule has 0 aliphatic rings. The van der Waals surface area contributed by atoms with E-state index in [4.69, 9.17) is 0 Å². The van der Waals surface area contributed by atoms with E-state index >= 15 is 0 Å². The Labute approximate surface area is 90.2 Å². The molecule has 2 rings (SSSR count). The second-order valence-electron chi connectivity index (χ2n) is 5.05. The summed E-state index contributed by atoms with van der Waals surface area (Å²) in [5.41, 5.74) is 2.42. The van der Waals surface area contributed by atoms with E-state index in [1.54, 1.807) is 6.07 Å². The lowest BCUT2D eigenvalue weighted by Crippen LogP contribution is -2.15. The molecule has 0 fully saturated rings. The molecule has 0 radical (unpaired) electrons. The number of fused-ring (bicyclic) bond motifs is 1. The minimum atomic E-state index is 0.0974. The molecule has 0 aliphatic heterocycles. The van der Waals surface area contributed by atoms with Crippen molar-refractivity contribution in [2.24, 2.45) is 7.05 Å². The van der Waals surface area contributed by atoms with Gasteiger partial charge in [-0.1, -0.05) is 26.8 Å². The standard InChI is InChI=1S/C13H17NO/c1-13(2,3)12-8-9-10(14(12)4)6-5-7-11(9)15/h5-8,15H,1-4H3. The minimum Gasteiger partial charge on any atom is -0.507 e. The van der Waals surface area contributed by atoms with Crippen LogP contribution in [0.3, 0.4) is 0 Å². The van der Waals surface area contributed by atoms with E-state index in [2.05, 4.69) is 31.4 Å². The summed E-state index contributed by atoms with van der Waals surface area (Å²) in [4.78, 5) is 0. The fourth-order valence-corrected chi connectivity index (χ4v) is 2.06. The van der Waals surface area contributed by atoms with Gasteiger partial charge in [-0.2, -0.15) is 0 Å². The number of aromatic nitrogens is 1. The molecule has 1 aromatic heterocycles. The zero-order valence-corrected chi connectivity index (χ0v) is 9.70. The second kappa shape index (κ2) is 3.02. The van der Waals surface area contributed by atoms with Crippen molar-refractivity contribution < 1.29 is 5.11 Å². The highest BCUT2D eigenvalue weighted by molar-refractivity contribution is 5.87. The molecule has 15 heavy (non-hydrogen) atoms. The van der Waals surface area contributed by atoms with Gasteiger partial charge in [0.25, 0.3) is 0 Å². The van der Waals surface area contributed by atoms with E-state index in [9.17, 15) is 5.11 Å². The van der Waals surface area contributed by atoms with Crippen LogP contribution >= 0.6 is 0 Å². The zero-order chi connectivity index (χ0) is 11.2. The Morgan fingerprint density at radius 3 is 2.40 bits per heavy atom. The summed E-state index contributed by atoms with van der Waals surface area (Å²) in [6.07, 6.45) is 0. The number of aryl methyl sites for hydroxylation is 1. The molecule has 0 unspecified atom stereocenters. The number of rotatable bonds is 0. The molecule has 0 aliphatic carbocycles. The SMILES string of the molecule is Cn1c(C(C)(C)C)cc2c(O)cccc21. The summed E-state index contributed by atoms with van der Waals surface area (Å²) in [7, 11) is 2.04. The second-order valence-corrected chi connectivity index (χ2v) is 5.05. The number of hydrogen-bond donors (Lipinski definition) is 1. The summed E-state index contributed by atoms with van der Waals surface area (Å²) in [6.45, 7) is 6.54. The highest BCUT2D eigenvalue weighted by Crippen LogP contribution is 2.32. The first-order valence-electron chi connectivity index (χ1n) is 5.19. The van der Waals surface area contributed by atoms with Crippen LogP contribution in [0.25, 0.3) is 10.9 Å². The molecule has 0 saturated carbocycles. The maximum atomic E-state index is 9.76. The van der Waals surface area contributed by atoms with Gasteiger partial charge in [0.2, 0.25) is 0 Å². The van der Waals surface area contributed by atoms with Crippen molar-refractivity contribution in [1.82, 2.24) is 4.57 Å². The number of hydrogen-bond acceptors (Lipinski definition) is 1. The van der Waals surface area contributed by atoms with E-state index in [0.29, 0.717) is 5.75 Å². The van der Waals surface area contributed by atoms with Crippen molar-refractivity contribution in [3.05, 3.63) is 30.0 Å². The predicted molar refractivity (Wildman–Crippen MR) is 63.3 cm³/mol. The van der Waals surface area contributed by atoms with E-state index in [1.807, 2.05) is 19.2 Å². The van der Waals surface area contributed by atoms with Crippen LogP contribution in [0.4, 0.5) is 0 Å². The van der Waals surface area contributed by atoms with E-state index in [0.717, 1.165) is 10.9 Å². The molecule has 2 nitrogen and oxygen atoms in total. The lowest BCUT2D eigenvalue weighted by molar-refractivity contribution is 0.481. The number of phenols is 1. The number of benzene rings is 1. The molecular formula is C13H17NO. The molecule has 80 valence electrons. The fraction of sp³-hybridized carbons (Fsp3) is 0.385. The summed E-state index contributed by atoms with van der Waals surface area (Å²) in [5.74, 6) is 0.360. The third-order valence-electron chi connectivity index (χ3n) is 2.83. The summed E-state index contributed by atoms with van der Waals surface area (Å²) in [5, 5.41) is 10.7. The third-order valence-corrected chi connectivity index (χ3v) is 2.83. The van der Waals surface area contributed by atoms with Gasteiger partial charge in [-0.25, -0.2) is 0 Å². The normalized spacial score (nSPS) is 12.3. The molecule has 2 heteroatoms. The van der Waals surface area contributed by atoms with Crippen molar-refractivity contribution >= 4 is 10.9 Å². The lowest BCUT2D eigenvalue weighted by atomic mass is 9.92. The van der Waals surface area contributed by atoms with Gasteiger partial charge in [-0.15, -0.1) is 0 Å². The highest BCUT2D eigenvalue weighted by atomic mass is 16.3. The summed E-state index contributed by atoms with van der Waals surface area (Å²) < 4.78 is 2.15. The van der Waals surface area contributed by atoms with Crippen LogP contribution in [0.1, 0.15) is 26.5 Å². The van der Waals surface area contributed by atoms with Gasteiger partial charge in [-0.3, -0.25) is 0 Å². The van der Waals surface area contributed by atoms with Crippen LogP contribution in [0, 0.1) is 0 Å². The molecule has 0 amide bonds. The molecular weight excluding hydrogens is 186 g/mol. The molecule has 0 bridgehead atoms. The Morgan fingerprint density at radius 2 is 1.87 bits per heavy atom. The van der Waals surface area contributed by atoms with Crippen molar-refractivity contribution in [2.75, 3.05) is 0 Å². The monoisotopic (exact) mass is 203 g/mol. The van der Waals surface area contributed by atoms with Gasteiger partial charge in [0.1, 0.15) is 5.75 Å². The molecule has 2 aromatic rings. The Bertz CT molecular complexity index is 503. The van der Waals surface area contributed by atoms with Crippen molar-refractivity contribution in [2.45, 2.75) is 26.2 Å². The van der Waals surface area contributed by atoms with E-state index < -0.39 is 0 Å². The highest BCUT2D eigenvalue weighted by Gasteiger charge is 2.19. The largest absolute Gasteiger partial charge is 0.507 e. The van der Waals surface area contributed by atoms with Crippen LogP contribution in [0.15, 0.2) is 24.3 Å². The average molecular weight is 203 g/mol. The molecule has 1 aromatic carbocycles. The quantitative estimate of drug-likeness (QED) is 0.699. The summed E-state index contributed by atoms with van der Waals surface area (Å²) in [6, 6.07) is 7.72. The molecule has 0 spiro atoms. The van der Waals surface area contributed by atoms with E-state index in [-0.39, 0.29) is 5.41 Å². The number of aromatic hydroxyl groups is 1. The first-order chi connectivity index (χ1) is 6.91. The smallest absolute Gasteiger partial charge is 0.124 e. The average Bonchev–Trinajstić information content (AvgIpc) is 2.45. The third kappa shape index (κ3) is 1.50. The van der Waals surface area contributed by atoms with Crippen LogP contribution in [0.2, 0.25) is 0 Å². The maximum Gasteiger partial charge on any atom is 0.124 e. The minimum absolute atomic E-state index is 0.0974. The zero-order valence-electron chi connectivity index (χ0n) is 9.70. The van der Waals surface area contributed by atoms with Crippen LogP contribution < -0.4 is 0 Å². The van der Waals surface area contributed by atoms with Crippen LogP contribution in [0.5, 0.6) is 5.75 Å². The van der Waals surface area contributed by atoms with Gasteiger partial charge in [-0.05, 0) is 18.2 Å². The van der Waals surface area contributed by atoms with Crippen molar-refractivity contribution in [3.63, 3.8) is 0 Å². The van der Waals surface area contributed by atoms with Crippen molar-refractivity contribution in [1.29, 1.82) is 0 Å². The topological polar surface area (TPSA) is 25.2 Å². The molecule has 1 N–H and O–H groups in total. The van der Waals surface area contributed by atoms with E-state index in [1.165, 1.54) is 5.69 Å². The van der Waals surface area contributed by atoms with Gasteiger partial charge in [0, 0.05) is 23.5 Å². The Balaban J connectivity index is 2.81. The van der Waals surface area contributed by atoms with Crippen LogP contribution in [-0.2, 0) is 12.5 Å². The maximum absolute atomic E-state index is 9.76. The lowest BCUT2D eigenvalue weighted by Gasteiger charge is -2.19.